The first-order valence-corrected chi connectivity index (χ1v) is 6.71. The first-order chi connectivity index (χ1) is 8.11. The van der Waals surface area contributed by atoms with Gasteiger partial charge in [0, 0.05) is 10.5 Å². The Kier molecular flexibility index (Phi) is 3.84. The molecular weight excluding hydrogens is 280 g/mol. The minimum absolute atomic E-state index is 0.118. The molecule has 1 heterocycles. The minimum Gasteiger partial charge on any atom is -0.307 e. The number of carbonyl (C=O) groups is 1. The molecule has 1 aromatic carbocycles. The molecule has 3 nitrogen and oxygen atoms in total. The molecule has 0 bridgehead atoms. The van der Waals surface area contributed by atoms with Crippen LogP contribution in [0.3, 0.4) is 0 Å². The lowest BCUT2D eigenvalue weighted by Crippen LogP contribution is -2.44. The highest BCUT2D eigenvalue weighted by Gasteiger charge is 2.29. The van der Waals surface area contributed by atoms with E-state index in [1.807, 2.05) is 36.1 Å². The van der Waals surface area contributed by atoms with Crippen LogP contribution in [-0.2, 0) is 4.79 Å². The zero-order valence-electron chi connectivity index (χ0n) is 10.1. The predicted octanol–water partition coefficient (Wildman–Crippen LogP) is 2.55. The number of halogens is 1. The predicted molar refractivity (Wildman–Crippen MR) is 73.2 cm³/mol. The van der Waals surface area contributed by atoms with Crippen molar-refractivity contribution in [3.05, 3.63) is 28.7 Å². The number of benzene rings is 1. The molecule has 0 radical (unpaired) electrons. The van der Waals surface area contributed by atoms with Crippen LogP contribution in [0.25, 0.3) is 0 Å². The van der Waals surface area contributed by atoms with Crippen LogP contribution in [0.15, 0.2) is 28.7 Å². The summed E-state index contributed by atoms with van der Waals surface area (Å²) in [4.78, 5) is 14.2. The van der Waals surface area contributed by atoms with Crippen molar-refractivity contribution < 1.29 is 4.79 Å². The Labute approximate surface area is 110 Å². The van der Waals surface area contributed by atoms with Gasteiger partial charge in [-0.05, 0) is 54.9 Å². The fourth-order valence-electron chi connectivity index (χ4n) is 2.15. The number of amides is 1. The molecule has 0 aliphatic carbocycles. The number of para-hydroxylation sites is 1. The third kappa shape index (κ3) is 2.53. The summed E-state index contributed by atoms with van der Waals surface area (Å²) >= 11 is 3.52. The fourth-order valence-corrected chi connectivity index (χ4v) is 2.63. The van der Waals surface area contributed by atoms with E-state index in [9.17, 15) is 4.79 Å². The molecule has 1 N–H and O–H groups in total. The van der Waals surface area contributed by atoms with Gasteiger partial charge in [-0.15, -0.1) is 0 Å². The van der Waals surface area contributed by atoms with Crippen molar-refractivity contribution >= 4 is 27.5 Å². The van der Waals surface area contributed by atoms with Crippen LogP contribution in [0.1, 0.15) is 20.3 Å². The van der Waals surface area contributed by atoms with Crippen molar-refractivity contribution in [2.75, 3.05) is 11.4 Å². The highest BCUT2D eigenvalue weighted by Crippen LogP contribution is 2.29. The first-order valence-electron chi connectivity index (χ1n) is 5.92. The molecule has 1 fully saturated rings. The lowest BCUT2D eigenvalue weighted by atomic mass is 10.1. The van der Waals surface area contributed by atoms with E-state index < -0.39 is 0 Å². The summed E-state index contributed by atoms with van der Waals surface area (Å²) in [6.07, 6.45) is 0.970. The lowest BCUT2D eigenvalue weighted by Gasteiger charge is -2.29. The summed E-state index contributed by atoms with van der Waals surface area (Å²) in [6.45, 7) is 4.90. The first kappa shape index (κ1) is 12.6. The monoisotopic (exact) mass is 296 g/mol. The Morgan fingerprint density at radius 3 is 2.76 bits per heavy atom. The normalized spacial score (nSPS) is 25.8. The Bertz CT molecular complexity index is 422. The van der Waals surface area contributed by atoms with Crippen LogP contribution in [0.5, 0.6) is 0 Å². The van der Waals surface area contributed by atoms with E-state index in [-0.39, 0.29) is 18.0 Å². The number of hydrogen-bond acceptors (Lipinski definition) is 2. The van der Waals surface area contributed by atoms with Crippen molar-refractivity contribution in [3.63, 3.8) is 0 Å². The highest BCUT2D eigenvalue weighted by molar-refractivity contribution is 9.10. The SMILES string of the molecule is CC1NCCC(C)N(c2ccccc2Br)C1=O. The second-order valence-corrected chi connectivity index (χ2v) is 5.33. The van der Waals surface area contributed by atoms with Crippen molar-refractivity contribution in [2.45, 2.75) is 32.4 Å². The molecular formula is C13H17BrN2O. The highest BCUT2D eigenvalue weighted by atomic mass is 79.9. The number of anilines is 1. The average molecular weight is 297 g/mol. The van der Waals surface area contributed by atoms with Gasteiger partial charge in [-0.25, -0.2) is 0 Å². The molecule has 1 saturated heterocycles. The number of carbonyl (C=O) groups excluding carboxylic acids is 1. The lowest BCUT2D eigenvalue weighted by molar-refractivity contribution is -0.120. The maximum atomic E-state index is 12.4. The summed E-state index contributed by atoms with van der Waals surface area (Å²) in [5.74, 6) is 0.141. The summed E-state index contributed by atoms with van der Waals surface area (Å²) in [5, 5.41) is 3.24. The van der Waals surface area contributed by atoms with Gasteiger partial charge in [-0.2, -0.15) is 0 Å². The van der Waals surface area contributed by atoms with Crippen LogP contribution >= 0.6 is 15.9 Å². The average Bonchev–Trinajstić information content (AvgIpc) is 2.42. The van der Waals surface area contributed by atoms with E-state index in [1.54, 1.807) is 0 Å². The van der Waals surface area contributed by atoms with E-state index in [0.29, 0.717) is 0 Å². The largest absolute Gasteiger partial charge is 0.307 e. The Morgan fingerprint density at radius 2 is 2.06 bits per heavy atom. The van der Waals surface area contributed by atoms with Gasteiger partial charge in [0.15, 0.2) is 0 Å². The van der Waals surface area contributed by atoms with Gasteiger partial charge in [0.05, 0.1) is 11.7 Å². The van der Waals surface area contributed by atoms with Crippen molar-refractivity contribution in [3.8, 4) is 0 Å². The number of nitrogens with zero attached hydrogens (tertiary/aromatic N) is 1. The van der Waals surface area contributed by atoms with E-state index in [0.717, 1.165) is 23.1 Å². The van der Waals surface area contributed by atoms with Gasteiger partial charge in [0.1, 0.15) is 0 Å². The van der Waals surface area contributed by atoms with Gasteiger partial charge in [0.25, 0.3) is 0 Å². The molecule has 2 unspecified atom stereocenters. The molecule has 0 spiro atoms. The molecule has 0 saturated carbocycles. The smallest absolute Gasteiger partial charge is 0.244 e. The Balaban J connectivity index is 2.39. The number of rotatable bonds is 1. The van der Waals surface area contributed by atoms with Crippen LogP contribution in [-0.4, -0.2) is 24.5 Å². The van der Waals surface area contributed by atoms with Crippen LogP contribution in [0, 0.1) is 0 Å². The van der Waals surface area contributed by atoms with Crippen LogP contribution in [0.4, 0.5) is 5.69 Å². The third-order valence-corrected chi connectivity index (χ3v) is 3.84. The molecule has 17 heavy (non-hydrogen) atoms. The molecule has 2 atom stereocenters. The standard InChI is InChI=1S/C13H17BrN2O/c1-9-7-8-15-10(2)13(17)16(9)12-6-4-3-5-11(12)14/h3-6,9-10,15H,7-8H2,1-2H3. The summed E-state index contributed by atoms with van der Waals surface area (Å²) < 4.78 is 0.967. The van der Waals surface area contributed by atoms with Gasteiger partial charge >= 0.3 is 0 Å². The maximum Gasteiger partial charge on any atom is 0.244 e. The summed E-state index contributed by atoms with van der Waals surface area (Å²) in [6, 6.07) is 7.98. The van der Waals surface area contributed by atoms with Crippen molar-refractivity contribution in [1.29, 1.82) is 0 Å². The molecule has 2 rings (SSSR count). The molecule has 1 aliphatic rings. The fraction of sp³-hybridized carbons (Fsp3) is 0.462. The topological polar surface area (TPSA) is 32.3 Å². The summed E-state index contributed by atoms with van der Waals surface area (Å²) in [7, 11) is 0. The summed E-state index contributed by atoms with van der Waals surface area (Å²) in [5.41, 5.74) is 0.959. The minimum atomic E-state index is -0.118. The van der Waals surface area contributed by atoms with Crippen molar-refractivity contribution in [2.24, 2.45) is 0 Å². The third-order valence-electron chi connectivity index (χ3n) is 3.17. The Morgan fingerprint density at radius 1 is 1.35 bits per heavy atom. The molecule has 1 aliphatic heterocycles. The van der Waals surface area contributed by atoms with Gasteiger partial charge in [-0.3, -0.25) is 4.79 Å². The van der Waals surface area contributed by atoms with E-state index in [1.165, 1.54) is 0 Å². The number of nitrogens with one attached hydrogen (secondary N) is 1. The molecule has 4 heteroatoms. The number of hydrogen-bond donors (Lipinski definition) is 1. The molecule has 1 aromatic rings. The van der Waals surface area contributed by atoms with Gasteiger partial charge in [0.2, 0.25) is 5.91 Å². The second kappa shape index (κ2) is 5.19. The van der Waals surface area contributed by atoms with Gasteiger partial charge < -0.3 is 10.2 Å². The zero-order chi connectivity index (χ0) is 12.4. The molecule has 1 amide bonds. The van der Waals surface area contributed by atoms with Crippen LogP contribution in [0.2, 0.25) is 0 Å². The van der Waals surface area contributed by atoms with E-state index >= 15 is 0 Å². The van der Waals surface area contributed by atoms with Crippen molar-refractivity contribution in [1.82, 2.24) is 5.32 Å². The molecule has 92 valence electrons. The second-order valence-electron chi connectivity index (χ2n) is 4.47. The quantitative estimate of drug-likeness (QED) is 0.864. The Hall–Kier alpha value is -0.870. The molecule has 0 aromatic heterocycles. The van der Waals surface area contributed by atoms with E-state index in [4.69, 9.17) is 0 Å². The van der Waals surface area contributed by atoms with Gasteiger partial charge in [-0.1, -0.05) is 12.1 Å². The van der Waals surface area contributed by atoms with E-state index in [2.05, 4.69) is 28.2 Å². The maximum absolute atomic E-state index is 12.4. The zero-order valence-corrected chi connectivity index (χ0v) is 11.7. The van der Waals surface area contributed by atoms with Crippen LogP contribution < -0.4 is 10.2 Å².